The topological polar surface area (TPSA) is 113 Å². The van der Waals surface area contributed by atoms with Crippen LogP contribution >= 0.6 is 7.82 Å². The number of unbranched alkanes of at least 4 members (excludes halogenated alkanes) is 13. The summed E-state index contributed by atoms with van der Waals surface area (Å²) in [5.41, 5.74) is 0. The van der Waals surface area contributed by atoms with Crippen LogP contribution in [-0.2, 0) is 34.0 Å². The fourth-order valence-corrected chi connectivity index (χ4v) is 2.98. The molecule has 0 bridgehead atoms. The number of rotatable bonds is 23. The summed E-state index contributed by atoms with van der Waals surface area (Å²) in [5.74, 6) is 0. The van der Waals surface area contributed by atoms with E-state index in [1.54, 1.807) is 0 Å². The molecule has 2 N–H and O–H groups in total. The molecule has 0 atom stereocenters. The van der Waals surface area contributed by atoms with Gasteiger partial charge in [0.15, 0.2) is 0 Å². The predicted octanol–water partition coefficient (Wildman–Crippen LogP) is 5.32. The molecule has 0 fully saturated rings. The van der Waals surface area contributed by atoms with Crippen molar-refractivity contribution in [2.75, 3.05) is 19.8 Å². The van der Waals surface area contributed by atoms with Gasteiger partial charge >= 0.3 is 7.82 Å². The van der Waals surface area contributed by atoms with Gasteiger partial charge in [0.05, 0.1) is 13.2 Å². The highest BCUT2D eigenvalue weighted by Gasteiger charge is 2.12. The lowest BCUT2D eigenvalue weighted by molar-refractivity contribution is -0.708. The summed E-state index contributed by atoms with van der Waals surface area (Å²) in [7, 11) is -4.49. The smallest absolute Gasteiger partial charge is 0.303 e. The van der Waals surface area contributed by atoms with Crippen molar-refractivity contribution in [1.82, 2.24) is 0 Å². The Labute approximate surface area is 168 Å². The zero-order valence-electron chi connectivity index (χ0n) is 17.2. The standard InChI is InChI=1S/C18H39O9P/c1-2-3-4-5-6-7-8-9-10-11-12-13-14-15-16-22-25-27-26-23-17-18-24-28(19,20)21/h2-18H2,1H3,(H2,19,20,21). The van der Waals surface area contributed by atoms with E-state index in [9.17, 15) is 4.57 Å². The van der Waals surface area contributed by atoms with E-state index >= 15 is 0 Å². The van der Waals surface area contributed by atoms with Crippen molar-refractivity contribution < 1.29 is 43.8 Å². The molecule has 0 amide bonds. The highest BCUT2D eigenvalue weighted by atomic mass is 31.2. The molecule has 0 aliphatic heterocycles. The van der Waals surface area contributed by atoms with Crippen LogP contribution < -0.4 is 0 Å². The Kier molecular flexibility index (Phi) is 21.5. The molecular formula is C18H39O9P. The van der Waals surface area contributed by atoms with Gasteiger partial charge < -0.3 is 9.79 Å². The predicted molar refractivity (Wildman–Crippen MR) is 103 cm³/mol. The fourth-order valence-electron chi connectivity index (χ4n) is 2.66. The van der Waals surface area contributed by atoms with Crippen molar-refractivity contribution in [3.05, 3.63) is 0 Å². The summed E-state index contributed by atoms with van der Waals surface area (Å²) < 4.78 is 14.4. The molecule has 0 aromatic rings. The van der Waals surface area contributed by atoms with Crippen LogP contribution in [-0.4, -0.2) is 29.6 Å². The normalized spacial score (nSPS) is 12.0. The Hall–Kier alpha value is -0.0900. The summed E-state index contributed by atoms with van der Waals surface area (Å²) in [6.45, 7) is 2.03. The summed E-state index contributed by atoms with van der Waals surface area (Å²) in [6, 6.07) is 0. The molecule has 28 heavy (non-hydrogen) atoms. The molecule has 0 aliphatic carbocycles. The molecule has 0 unspecified atom stereocenters. The molecule has 170 valence electrons. The average Bonchev–Trinajstić information content (AvgIpc) is 2.65. The second-order valence-electron chi connectivity index (χ2n) is 6.77. The van der Waals surface area contributed by atoms with Crippen molar-refractivity contribution >= 4 is 7.82 Å². The van der Waals surface area contributed by atoms with Crippen LogP contribution in [0, 0.1) is 0 Å². The third-order valence-corrected chi connectivity index (χ3v) is 4.68. The molecular weight excluding hydrogens is 391 g/mol. The van der Waals surface area contributed by atoms with Gasteiger partial charge in [0.1, 0.15) is 6.61 Å². The van der Waals surface area contributed by atoms with Crippen molar-refractivity contribution in [3.8, 4) is 0 Å². The largest absolute Gasteiger partial charge is 0.469 e. The minimum Gasteiger partial charge on any atom is -0.303 e. The van der Waals surface area contributed by atoms with Gasteiger partial charge in [-0.25, -0.2) is 14.3 Å². The third kappa shape index (κ3) is 25.9. The van der Waals surface area contributed by atoms with Gasteiger partial charge in [-0.3, -0.25) is 4.52 Å². The van der Waals surface area contributed by atoms with Crippen LogP contribution in [0.25, 0.3) is 0 Å². The molecule has 0 aromatic heterocycles. The monoisotopic (exact) mass is 430 g/mol. The minimum absolute atomic E-state index is 0.243. The van der Waals surface area contributed by atoms with Gasteiger partial charge in [0.25, 0.3) is 0 Å². The molecule has 0 aliphatic rings. The second kappa shape index (κ2) is 21.6. The number of phosphoric acid groups is 1. The molecule has 0 heterocycles. The highest BCUT2D eigenvalue weighted by Crippen LogP contribution is 2.35. The van der Waals surface area contributed by atoms with Crippen LogP contribution in [0.3, 0.4) is 0 Å². The number of phosphoric ester groups is 1. The number of hydrogen-bond donors (Lipinski definition) is 2. The first kappa shape index (κ1) is 27.9. The maximum absolute atomic E-state index is 10.3. The van der Waals surface area contributed by atoms with E-state index in [2.05, 4.69) is 31.4 Å². The Morgan fingerprint density at radius 2 is 1.00 bits per heavy atom. The van der Waals surface area contributed by atoms with Gasteiger partial charge in [-0.2, -0.15) is 0 Å². The van der Waals surface area contributed by atoms with Gasteiger partial charge in [0.2, 0.25) is 0 Å². The molecule has 0 saturated carbocycles. The second-order valence-corrected chi connectivity index (χ2v) is 8.01. The van der Waals surface area contributed by atoms with Gasteiger partial charge in [0, 0.05) is 0 Å². The van der Waals surface area contributed by atoms with E-state index in [0.717, 1.165) is 12.8 Å². The maximum atomic E-state index is 10.3. The van der Waals surface area contributed by atoms with E-state index in [-0.39, 0.29) is 13.2 Å². The summed E-state index contributed by atoms with van der Waals surface area (Å²) in [5, 5.41) is 12.4. The van der Waals surface area contributed by atoms with Gasteiger partial charge in [-0.05, 0) is 21.5 Å². The Balaban J connectivity index is 3.02. The van der Waals surface area contributed by atoms with Crippen LogP contribution in [0.4, 0.5) is 0 Å². The van der Waals surface area contributed by atoms with E-state index in [0.29, 0.717) is 6.61 Å². The van der Waals surface area contributed by atoms with E-state index in [1.165, 1.54) is 77.0 Å². The highest BCUT2D eigenvalue weighted by molar-refractivity contribution is 7.46. The zero-order valence-corrected chi connectivity index (χ0v) is 18.1. The first-order valence-electron chi connectivity index (χ1n) is 10.5. The van der Waals surface area contributed by atoms with Crippen LogP contribution in [0.2, 0.25) is 0 Å². The average molecular weight is 430 g/mol. The van der Waals surface area contributed by atoms with Crippen LogP contribution in [0.15, 0.2) is 0 Å². The molecule has 0 aromatic carbocycles. The first-order valence-corrected chi connectivity index (χ1v) is 12.0. The van der Waals surface area contributed by atoms with E-state index in [1.807, 2.05) is 0 Å². The third-order valence-electron chi connectivity index (χ3n) is 4.16. The van der Waals surface area contributed by atoms with Crippen molar-refractivity contribution in [2.24, 2.45) is 0 Å². The molecule has 0 saturated heterocycles. The van der Waals surface area contributed by atoms with Crippen LogP contribution in [0.5, 0.6) is 0 Å². The molecule has 10 heteroatoms. The Morgan fingerprint density at radius 3 is 1.46 bits per heavy atom. The molecule has 9 nitrogen and oxygen atoms in total. The van der Waals surface area contributed by atoms with Gasteiger partial charge in [-0.1, -0.05) is 90.4 Å². The van der Waals surface area contributed by atoms with E-state index in [4.69, 9.17) is 14.7 Å². The Bertz CT molecular complexity index is 352. The van der Waals surface area contributed by atoms with Crippen LogP contribution in [0.1, 0.15) is 96.8 Å². The Morgan fingerprint density at radius 1 is 0.571 bits per heavy atom. The lowest BCUT2D eigenvalue weighted by Gasteiger charge is -2.05. The molecule has 0 rings (SSSR count). The molecule has 0 radical (unpaired) electrons. The lowest BCUT2D eigenvalue weighted by Crippen LogP contribution is -2.05. The lowest BCUT2D eigenvalue weighted by atomic mass is 10.0. The van der Waals surface area contributed by atoms with Crippen molar-refractivity contribution in [2.45, 2.75) is 96.8 Å². The zero-order chi connectivity index (χ0) is 20.8. The summed E-state index contributed by atoms with van der Waals surface area (Å²) in [6.07, 6.45) is 18.0. The maximum Gasteiger partial charge on any atom is 0.469 e. The quantitative estimate of drug-likeness (QED) is 0.0962. The molecule has 0 spiro atoms. The van der Waals surface area contributed by atoms with Gasteiger partial charge in [-0.15, -0.1) is 0 Å². The summed E-state index contributed by atoms with van der Waals surface area (Å²) in [4.78, 5) is 25.9. The van der Waals surface area contributed by atoms with E-state index < -0.39 is 7.82 Å². The van der Waals surface area contributed by atoms with Crippen molar-refractivity contribution in [3.63, 3.8) is 0 Å². The SMILES string of the molecule is CCCCCCCCCCCCCCCCOOOOOCCOP(=O)(O)O. The minimum atomic E-state index is -4.49. The fraction of sp³-hybridized carbons (Fsp3) is 1.00. The van der Waals surface area contributed by atoms with Crippen molar-refractivity contribution in [1.29, 1.82) is 0 Å². The first-order chi connectivity index (χ1) is 13.6. The summed E-state index contributed by atoms with van der Waals surface area (Å²) >= 11 is 0. The number of hydrogen-bond acceptors (Lipinski definition) is 7.